The van der Waals surface area contributed by atoms with Gasteiger partial charge in [-0.05, 0) is 44.5 Å². The van der Waals surface area contributed by atoms with Crippen molar-refractivity contribution in [1.82, 2.24) is 15.1 Å². The van der Waals surface area contributed by atoms with Crippen LogP contribution in [0.25, 0.3) is 0 Å². The van der Waals surface area contributed by atoms with Crippen LogP contribution in [-0.2, 0) is 24.3 Å². The van der Waals surface area contributed by atoms with Gasteiger partial charge in [-0.3, -0.25) is 14.3 Å². The first-order valence-electron chi connectivity index (χ1n) is 9.90. The van der Waals surface area contributed by atoms with E-state index in [0.717, 1.165) is 17.0 Å². The van der Waals surface area contributed by atoms with Crippen LogP contribution in [-0.4, -0.2) is 28.6 Å². The fourth-order valence-corrected chi connectivity index (χ4v) is 3.46. The summed E-state index contributed by atoms with van der Waals surface area (Å²) in [6.45, 7) is 6.57. The minimum atomic E-state index is -0.136. The lowest BCUT2D eigenvalue weighted by molar-refractivity contribution is -0.120. The standard InChI is InChI=1S/C24H27N3O3/c1-16-22(17(2)27(26-16)15-19-8-6-5-7-9-19)14-25-24(29)13-21-12-20(18(3)28)10-11-23(21)30-4/h5-12H,13-15H2,1-4H3,(H,25,29). The van der Waals surface area contributed by atoms with Crippen molar-refractivity contribution in [3.63, 3.8) is 0 Å². The van der Waals surface area contributed by atoms with E-state index in [2.05, 4.69) is 22.5 Å². The van der Waals surface area contributed by atoms with E-state index in [0.29, 0.717) is 30.0 Å². The molecule has 0 saturated carbocycles. The van der Waals surface area contributed by atoms with E-state index < -0.39 is 0 Å². The number of aryl methyl sites for hydroxylation is 1. The summed E-state index contributed by atoms with van der Waals surface area (Å²) in [6, 6.07) is 15.3. The number of Topliss-reactive ketones (excluding diaryl/α,β-unsaturated/α-hetero) is 1. The summed E-state index contributed by atoms with van der Waals surface area (Å²) in [6.07, 6.45) is 0.139. The number of ether oxygens (including phenoxy) is 1. The zero-order valence-electron chi connectivity index (χ0n) is 17.9. The number of hydrogen-bond donors (Lipinski definition) is 1. The normalized spacial score (nSPS) is 10.7. The molecule has 0 spiro atoms. The second kappa shape index (κ2) is 9.39. The molecule has 3 aromatic rings. The topological polar surface area (TPSA) is 73.2 Å². The highest BCUT2D eigenvalue weighted by atomic mass is 16.5. The number of carbonyl (C=O) groups excluding carboxylic acids is 2. The Kier molecular flexibility index (Phi) is 6.67. The maximum atomic E-state index is 12.6. The minimum Gasteiger partial charge on any atom is -0.496 e. The molecular weight excluding hydrogens is 378 g/mol. The summed E-state index contributed by atoms with van der Waals surface area (Å²) in [5.74, 6) is 0.415. The van der Waals surface area contributed by atoms with Gasteiger partial charge in [0, 0.05) is 28.9 Å². The zero-order valence-corrected chi connectivity index (χ0v) is 17.9. The predicted octanol–water partition coefficient (Wildman–Crippen LogP) is 3.62. The Morgan fingerprint density at radius 1 is 1.10 bits per heavy atom. The van der Waals surface area contributed by atoms with Crippen LogP contribution in [0.5, 0.6) is 5.75 Å². The molecule has 6 nitrogen and oxygen atoms in total. The van der Waals surface area contributed by atoms with Crippen molar-refractivity contribution in [2.75, 3.05) is 7.11 Å². The summed E-state index contributed by atoms with van der Waals surface area (Å²) in [5.41, 5.74) is 5.39. The first kappa shape index (κ1) is 21.3. The number of nitrogens with zero attached hydrogens (tertiary/aromatic N) is 2. The number of methoxy groups -OCH3 is 1. The van der Waals surface area contributed by atoms with Gasteiger partial charge in [-0.25, -0.2) is 0 Å². The molecule has 0 bridgehead atoms. The lowest BCUT2D eigenvalue weighted by atomic mass is 10.0. The molecule has 0 radical (unpaired) electrons. The highest BCUT2D eigenvalue weighted by molar-refractivity contribution is 5.94. The number of ketones is 1. The third kappa shape index (κ3) is 4.95. The summed E-state index contributed by atoms with van der Waals surface area (Å²) >= 11 is 0. The smallest absolute Gasteiger partial charge is 0.224 e. The molecule has 3 rings (SSSR count). The molecule has 0 aliphatic carbocycles. The minimum absolute atomic E-state index is 0.0450. The number of nitrogens with one attached hydrogen (secondary N) is 1. The second-order valence-corrected chi connectivity index (χ2v) is 7.33. The monoisotopic (exact) mass is 405 g/mol. The van der Waals surface area contributed by atoms with E-state index in [4.69, 9.17) is 4.74 Å². The average Bonchev–Trinajstić information content (AvgIpc) is 2.99. The lowest BCUT2D eigenvalue weighted by Gasteiger charge is -2.11. The molecule has 1 amide bonds. The van der Waals surface area contributed by atoms with Gasteiger partial charge in [-0.15, -0.1) is 0 Å². The average molecular weight is 405 g/mol. The van der Waals surface area contributed by atoms with Crippen molar-refractivity contribution in [3.05, 3.63) is 82.2 Å². The van der Waals surface area contributed by atoms with Crippen LogP contribution in [0.1, 0.15) is 45.4 Å². The van der Waals surface area contributed by atoms with Gasteiger partial charge in [-0.2, -0.15) is 5.10 Å². The number of carbonyl (C=O) groups is 2. The molecule has 1 aromatic heterocycles. The van der Waals surface area contributed by atoms with E-state index >= 15 is 0 Å². The highest BCUT2D eigenvalue weighted by Gasteiger charge is 2.15. The molecule has 156 valence electrons. The Morgan fingerprint density at radius 3 is 2.50 bits per heavy atom. The summed E-state index contributed by atoms with van der Waals surface area (Å²) < 4.78 is 7.30. The SMILES string of the molecule is COc1ccc(C(C)=O)cc1CC(=O)NCc1c(C)nn(Cc2ccccc2)c1C. The largest absolute Gasteiger partial charge is 0.496 e. The fraction of sp³-hybridized carbons (Fsp3) is 0.292. The molecule has 0 aliphatic rings. The van der Waals surface area contributed by atoms with Gasteiger partial charge in [0.25, 0.3) is 0 Å². The van der Waals surface area contributed by atoms with Crippen LogP contribution < -0.4 is 10.1 Å². The first-order chi connectivity index (χ1) is 14.4. The van der Waals surface area contributed by atoms with Crippen molar-refractivity contribution in [1.29, 1.82) is 0 Å². The molecule has 30 heavy (non-hydrogen) atoms. The van der Waals surface area contributed by atoms with Gasteiger partial charge in [0.15, 0.2) is 5.78 Å². The Bertz CT molecular complexity index is 1060. The third-order valence-corrected chi connectivity index (χ3v) is 5.21. The predicted molar refractivity (Wildman–Crippen MR) is 116 cm³/mol. The Morgan fingerprint density at radius 2 is 1.83 bits per heavy atom. The molecule has 0 saturated heterocycles. The van der Waals surface area contributed by atoms with E-state index in [1.165, 1.54) is 12.5 Å². The van der Waals surface area contributed by atoms with Crippen LogP contribution in [0.4, 0.5) is 0 Å². The van der Waals surface area contributed by atoms with Crippen LogP contribution in [0, 0.1) is 13.8 Å². The van der Waals surface area contributed by atoms with Crippen molar-refractivity contribution in [3.8, 4) is 5.75 Å². The van der Waals surface area contributed by atoms with Crippen molar-refractivity contribution >= 4 is 11.7 Å². The second-order valence-electron chi connectivity index (χ2n) is 7.33. The molecular formula is C24H27N3O3. The van der Waals surface area contributed by atoms with Gasteiger partial charge in [0.1, 0.15) is 5.75 Å². The molecule has 0 atom stereocenters. The van der Waals surface area contributed by atoms with Crippen LogP contribution in [0.15, 0.2) is 48.5 Å². The summed E-state index contributed by atoms with van der Waals surface area (Å²) in [7, 11) is 1.55. The summed E-state index contributed by atoms with van der Waals surface area (Å²) in [4.78, 5) is 24.2. The van der Waals surface area contributed by atoms with E-state index in [1.54, 1.807) is 25.3 Å². The van der Waals surface area contributed by atoms with E-state index in [9.17, 15) is 9.59 Å². The zero-order chi connectivity index (χ0) is 21.7. The molecule has 0 aliphatic heterocycles. The number of rotatable bonds is 8. The van der Waals surface area contributed by atoms with Crippen molar-refractivity contribution < 1.29 is 14.3 Å². The summed E-state index contributed by atoms with van der Waals surface area (Å²) in [5, 5.41) is 7.61. The third-order valence-electron chi connectivity index (χ3n) is 5.21. The molecule has 1 heterocycles. The number of benzene rings is 2. The lowest BCUT2D eigenvalue weighted by Crippen LogP contribution is -2.25. The highest BCUT2D eigenvalue weighted by Crippen LogP contribution is 2.21. The molecule has 0 fully saturated rings. The quantitative estimate of drug-likeness (QED) is 0.581. The van der Waals surface area contributed by atoms with Gasteiger partial charge < -0.3 is 10.1 Å². The van der Waals surface area contributed by atoms with Gasteiger partial charge >= 0.3 is 0 Å². The van der Waals surface area contributed by atoms with Crippen molar-refractivity contribution in [2.24, 2.45) is 0 Å². The van der Waals surface area contributed by atoms with Gasteiger partial charge in [0.2, 0.25) is 5.91 Å². The fourth-order valence-electron chi connectivity index (χ4n) is 3.46. The van der Waals surface area contributed by atoms with Gasteiger partial charge in [-0.1, -0.05) is 30.3 Å². The maximum absolute atomic E-state index is 12.6. The van der Waals surface area contributed by atoms with Crippen molar-refractivity contribution in [2.45, 2.75) is 40.3 Å². The molecule has 6 heteroatoms. The number of hydrogen-bond acceptors (Lipinski definition) is 4. The van der Waals surface area contributed by atoms with Gasteiger partial charge in [0.05, 0.1) is 25.8 Å². The number of aromatic nitrogens is 2. The van der Waals surface area contributed by atoms with Crippen LogP contribution >= 0.6 is 0 Å². The van der Waals surface area contributed by atoms with Crippen LogP contribution in [0.2, 0.25) is 0 Å². The Labute approximate surface area is 176 Å². The van der Waals surface area contributed by atoms with Crippen LogP contribution in [0.3, 0.4) is 0 Å². The maximum Gasteiger partial charge on any atom is 0.224 e. The molecule has 1 N–H and O–H groups in total. The Hall–Kier alpha value is -3.41. The molecule has 2 aromatic carbocycles. The Balaban J connectivity index is 1.68. The number of amides is 1. The molecule has 0 unspecified atom stereocenters. The van der Waals surface area contributed by atoms with E-state index in [1.807, 2.05) is 36.7 Å². The van der Waals surface area contributed by atoms with E-state index in [-0.39, 0.29) is 18.1 Å². The first-order valence-corrected chi connectivity index (χ1v) is 9.90.